The zero-order valence-electron chi connectivity index (χ0n) is 41.8. The van der Waals surface area contributed by atoms with E-state index in [-0.39, 0.29) is 36.8 Å². The second-order valence-electron chi connectivity index (χ2n) is 18.0. The molecular formula is C51H78O15Si. The van der Waals surface area contributed by atoms with Crippen molar-refractivity contribution < 1.29 is 71.3 Å². The number of methoxy groups -OCH3 is 3. The molecule has 16 heteroatoms. The quantitative estimate of drug-likeness (QED) is 0.0189. The summed E-state index contributed by atoms with van der Waals surface area (Å²) >= 11 is 0. The zero-order chi connectivity index (χ0) is 49.8. The van der Waals surface area contributed by atoms with E-state index in [1.807, 2.05) is 82.3 Å². The van der Waals surface area contributed by atoms with Gasteiger partial charge in [0.2, 0.25) is 5.79 Å². The molecule has 0 bridgehead atoms. The summed E-state index contributed by atoms with van der Waals surface area (Å²) < 4.78 is 61.9. The number of benzene rings is 2. The van der Waals surface area contributed by atoms with E-state index in [2.05, 4.69) is 26.2 Å². The van der Waals surface area contributed by atoms with Gasteiger partial charge in [0.25, 0.3) is 0 Å². The predicted octanol–water partition coefficient (Wildman–Crippen LogP) is 8.79. The molecule has 3 rings (SSSR count). The first-order valence-electron chi connectivity index (χ1n) is 23.0. The standard InChI is InChI=1S/C33H44O9.C18H34O6Si/c1-22(2)33(38-7)32(41-24(4)34)27(18-31(35)37-6)17-29(42-33)19-30(23(3)39-20-25-11-9-8-10-12-25)40-21-26-13-15-28(36-5)16-14-26;1-6-17(19)23-10-7-9-21-11-8-16(2)14-18(20)24-15-22-12-13-25(3,4)5/h8-16,18,22-23,29-30,32H,17,19-21H2,1-7H3;6,16H,1,7-15H2,2-5H3/b27-18+;/t23?,29-,30+,32-,33-;16-/m01/s1. The minimum absolute atomic E-state index is 0.0377. The van der Waals surface area contributed by atoms with E-state index in [1.165, 1.54) is 27.2 Å². The number of carbonyl (C=O) groups excluding carboxylic acids is 4. The van der Waals surface area contributed by atoms with Crippen LogP contribution in [0.2, 0.25) is 25.7 Å². The van der Waals surface area contributed by atoms with Crippen LogP contribution in [-0.4, -0.2) is 117 Å². The first-order chi connectivity index (χ1) is 31.9. The minimum Gasteiger partial charge on any atom is -0.497 e. The van der Waals surface area contributed by atoms with Crippen molar-refractivity contribution in [1.29, 1.82) is 0 Å². The van der Waals surface area contributed by atoms with Crippen molar-refractivity contribution in [3.8, 4) is 5.75 Å². The van der Waals surface area contributed by atoms with E-state index < -0.39 is 44.0 Å². The molecule has 1 unspecified atom stereocenters. The number of hydrogen-bond donors (Lipinski definition) is 0. The summed E-state index contributed by atoms with van der Waals surface area (Å²) in [6.07, 6.45) is 2.95. The minimum atomic E-state index is -1.33. The third-order valence-corrected chi connectivity index (χ3v) is 12.5. The Bertz CT molecular complexity index is 1780. The van der Waals surface area contributed by atoms with Crippen LogP contribution in [0.3, 0.4) is 0 Å². The van der Waals surface area contributed by atoms with Gasteiger partial charge in [-0.05, 0) is 60.6 Å². The van der Waals surface area contributed by atoms with E-state index in [0.29, 0.717) is 70.9 Å². The highest BCUT2D eigenvalue weighted by Gasteiger charge is 2.53. The Balaban J connectivity index is 0.000000528. The van der Waals surface area contributed by atoms with Gasteiger partial charge in [0.05, 0.1) is 52.4 Å². The second-order valence-corrected chi connectivity index (χ2v) is 23.6. The van der Waals surface area contributed by atoms with Crippen LogP contribution < -0.4 is 4.74 Å². The summed E-state index contributed by atoms with van der Waals surface area (Å²) in [6.45, 7) is 22.1. The fourth-order valence-electron chi connectivity index (χ4n) is 6.88. The molecule has 0 aliphatic carbocycles. The second kappa shape index (κ2) is 31.6. The first-order valence-corrected chi connectivity index (χ1v) is 26.8. The Morgan fingerprint density at radius 2 is 1.51 bits per heavy atom. The Labute approximate surface area is 400 Å². The molecule has 0 radical (unpaired) electrons. The smallest absolute Gasteiger partial charge is 0.330 e. The number of rotatable bonds is 29. The van der Waals surface area contributed by atoms with Gasteiger partial charge in [0, 0.05) is 79.3 Å². The maximum Gasteiger partial charge on any atom is 0.330 e. The maximum absolute atomic E-state index is 12.4. The van der Waals surface area contributed by atoms with Gasteiger partial charge in [-0.25, -0.2) is 9.59 Å². The molecule has 1 aliphatic heterocycles. The van der Waals surface area contributed by atoms with Gasteiger partial charge in [0.15, 0.2) is 12.9 Å². The lowest BCUT2D eigenvalue weighted by atomic mass is 9.83. The van der Waals surface area contributed by atoms with Crippen LogP contribution in [0.15, 0.2) is 78.9 Å². The number of esters is 4. The monoisotopic (exact) mass is 959 g/mol. The van der Waals surface area contributed by atoms with Crippen LogP contribution in [0.25, 0.3) is 0 Å². The molecule has 67 heavy (non-hydrogen) atoms. The summed E-state index contributed by atoms with van der Waals surface area (Å²) in [5.74, 6) is -2.33. The van der Waals surface area contributed by atoms with Crippen LogP contribution in [0.5, 0.6) is 5.75 Å². The third-order valence-electron chi connectivity index (χ3n) is 10.8. The lowest BCUT2D eigenvalue weighted by Gasteiger charge is -2.49. The average molecular weight is 959 g/mol. The van der Waals surface area contributed by atoms with E-state index >= 15 is 0 Å². The highest BCUT2D eigenvalue weighted by atomic mass is 28.3. The zero-order valence-corrected chi connectivity index (χ0v) is 42.8. The molecule has 1 fully saturated rings. The molecule has 2 aromatic rings. The SMILES string of the molecule is C=CC(=O)OCCCOCC[C@@H](C)CC(=O)OCOCC[Si](C)(C)C.COC(=O)/C=C1\C[C@@H](C[C@@H](OCc2ccc(OC)cc2)C(C)OCc2ccccc2)O[C@@](OC)(C(C)C)[C@H]1OC(C)=O. The van der Waals surface area contributed by atoms with Gasteiger partial charge < -0.3 is 52.1 Å². The van der Waals surface area contributed by atoms with Crippen molar-refractivity contribution in [3.05, 3.63) is 90.0 Å². The van der Waals surface area contributed by atoms with Gasteiger partial charge in [-0.2, -0.15) is 0 Å². The topological polar surface area (TPSA) is 170 Å². The molecule has 2 aromatic carbocycles. The lowest BCUT2D eigenvalue weighted by molar-refractivity contribution is -0.322. The van der Waals surface area contributed by atoms with Gasteiger partial charge >= 0.3 is 23.9 Å². The molecule has 0 saturated carbocycles. The van der Waals surface area contributed by atoms with E-state index in [1.54, 1.807) is 7.11 Å². The molecule has 0 spiro atoms. The fourth-order valence-corrected chi connectivity index (χ4v) is 7.64. The van der Waals surface area contributed by atoms with Crippen molar-refractivity contribution in [2.24, 2.45) is 11.8 Å². The van der Waals surface area contributed by atoms with Crippen LogP contribution in [0.4, 0.5) is 0 Å². The van der Waals surface area contributed by atoms with Crippen LogP contribution >= 0.6 is 0 Å². The van der Waals surface area contributed by atoms with E-state index in [0.717, 1.165) is 35.4 Å². The van der Waals surface area contributed by atoms with Gasteiger partial charge in [-0.15, -0.1) is 0 Å². The van der Waals surface area contributed by atoms with Crippen molar-refractivity contribution in [2.45, 2.75) is 136 Å². The van der Waals surface area contributed by atoms with Crippen molar-refractivity contribution >= 4 is 32.0 Å². The Morgan fingerprint density at radius 1 is 0.836 bits per heavy atom. The van der Waals surface area contributed by atoms with Gasteiger partial charge in [-0.3, -0.25) is 9.59 Å². The summed E-state index contributed by atoms with van der Waals surface area (Å²) in [7, 11) is 3.34. The fraction of sp³-hybridized carbons (Fsp3) is 0.608. The largest absolute Gasteiger partial charge is 0.497 e. The number of ether oxygens (including phenoxy) is 11. The summed E-state index contributed by atoms with van der Waals surface area (Å²) in [5.41, 5.74) is 2.59. The van der Waals surface area contributed by atoms with Gasteiger partial charge in [-0.1, -0.05) is 89.5 Å². The van der Waals surface area contributed by atoms with Crippen LogP contribution in [0, 0.1) is 11.8 Å². The first kappa shape index (κ1) is 58.7. The van der Waals surface area contributed by atoms with E-state index in [4.69, 9.17) is 52.1 Å². The Morgan fingerprint density at radius 3 is 2.10 bits per heavy atom. The molecule has 0 aromatic heterocycles. The highest BCUT2D eigenvalue weighted by Crippen LogP contribution is 2.42. The molecule has 376 valence electrons. The number of hydrogen-bond acceptors (Lipinski definition) is 15. The molecule has 0 N–H and O–H groups in total. The highest BCUT2D eigenvalue weighted by molar-refractivity contribution is 6.76. The third kappa shape index (κ3) is 23.4. The Hall–Kier alpha value is -4.42. The van der Waals surface area contributed by atoms with E-state index in [9.17, 15) is 19.2 Å². The normalized spacial score (nSPS) is 19.0. The molecule has 1 heterocycles. The molecule has 15 nitrogen and oxygen atoms in total. The number of carbonyl (C=O) groups is 4. The summed E-state index contributed by atoms with van der Waals surface area (Å²) in [4.78, 5) is 47.0. The van der Waals surface area contributed by atoms with Gasteiger partial charge in [0.1, 0.15) is 5.75 Å². The molecular weight excluding hydrogens is 881 g/mol. The molecule has 1 saturated heterocycles. The summed E-state index contributed by atoms with van der Waals surface area (Å²) in [5, 5.41) is 0. The van der Waals surface area contributed by atoms with Crippen molar-refractivity contribution in [3.63, 3.8) is 0 Å². The summed E-state index contributed by atoms with van der Waals surface area (Å²) in [6, 6.07) is 18.7. The average Bonchev–Trinajstić information content (AvgIpc) is 3.29. The van der Waals surface area contributed by atoms with Crippen molar-refractivity contribution in [1.82, 2.24) is 0 Å². The predicted molar refractivity (Wildman–Crippen MR) is 257 cm³/mol. The maximum atomic E-state index is 12.4. The van der Waals surface area contributed by atoms with Crippen molar-refractivity contribution in [2.75, 3.05) is 54.5 Å². The van der Waals surface area contributed by atoms with Crippen LogP contribution in [0.1, 0.15) is 77.8 Å². The van der Waals surface area contributed by atoms with Crippen LogP contribution in [-0.2, 0) is 79.8 Å². The Kier molecular flexibility index (Phi) is 27.7. The molecule has 6 atom stereocenters. The lowest BCUT2D eigenvalue weighted by Crippen LogP contribution is -2.59. The molecule has 0 amide bonds. The molecule has 1 aliphatic rings.